The Bertz CT molecular complexity index is 753. The van der Waals surface area contributed by atoms with Crippen LogP contribution in [0.1, 0.15) is 46.3 Å². The maximum absolute atomic E-state index is 12.8. The molecule has 4 nitrogen and oxygen atoms in total. The molecule has 2 aromatic carbocycles. The zero-order valence-corrected chi connectivity index (χ0v) is 14.5. The Morgan fingerprint density at radius 1 is 1.12 bits per heavy atom. The SMILES string of the molecule is Cc1ccc(Cc2ccccc2C(=O)NC2CCNC(=O)CC2)cc1. The van der Waals surface area contributed by atoms with Crippen LogP contribution in [0.4, 0.5) is 0 Å². The van der Waals surface area contributed by atoms with E-state index in [9.17, 15) is 9.59 Å². The quantitative estimate of drug-likeness (QED) is 0.902. The number of rotatable bonds is 4. The maximum atomic E-state index is 12.8. The average molecular weight is 336 g/mol. The molecule has 0 spiro atoms. The molecule has 1 aliphatic heterocycles. The molecule has 0 aliphatic carbocycles. The zero-order valence-electron chi connectivity index (χ0n) is 14.5. The van der Waals surface area contributed by atoms with Gasteiger partial charge in [0.05, 0.1) is 0 Å². The molecule has 1 heterocycles. The number of benzene rings is 2. The largest absolute Gasteiger partial charge is 0.356 e. The Kier molecular flexibility index (Phi) is 5.49. The summed E-state index contributed by atoms with van der Waals surface area (Å²) in [6, 6.07) is 16.2. The fraction of sp³-hybridized carbons (Fsp3) is 0.333. The van der Waals surface area contributed by atoms with Gasteiger partial charge in [0.25, 0.3) is 5.91 Å². The minimum atomic E-state index is -0.0536. The van der Waals surface area contributed by atoms with Crippen molar-refractivity contribution < 1.29 is 9.59 Å². The Hall–Kier alpha value is -2.62. The van der Waals surface area contributed by atoms with Crippen LogP contribution in [-0.2, 0) is 11.2 Å². The van der Waals surface area contributed by atoms with Crippen LogP contribution in [0.2, 0.25) is 0 Å². The molecule has 3 rings (SSSR count). The summed E-state index contributed by atoms with van der Waals surface area (Å²) < 4.78 is 0. The number of carbonyl (C=O) groups excluding carboxylic acids is 2. The monoisotopic (exact) mass is 336 g/mol. The van der Waals surface area contributed by atoms with E-state index in [1.54, 1.807) is 0 Å². The van der Waals surface area contributed by atoms with Gasteiger partial charge < -0.3 is 10.6 Å². The summed E-state index contributed by atoms with van der Waals surface area (Å²) in [4.78, 5) is 24.2. The van der Waals surface area contributed by atoms with E-state index in [0.29, 0.717) is 24.9 Å². The molecule has 1 atom stereocenters. The molecule has 1 aliphatic rings. The zero-order chi connectivity index (χ0) is 17.6. The Morgan fingerprint density at radius 2 is 1.88 bits per heavy atom. The number of hydrogen-bond acceptors (Lipinski definition) is 2. The van der Waals surface area contributed by atoms with E-state index < -0.39 is 0 Å². The molecule has 1 unspecified atom stereocenters. The summed E-state index contributed by atoms with van der Waals surface area (Å²) in [6.07, 6.45) is 2.67. The van der Waals surface area contributed by atoms with Crippen molar-refractivity contribution in [3.8, 4) is 0 Å². The molecular formula is C21H24N2O2. The van der Waals surface area contributed by atoms with Gasteiger partial charge in [-0.3, -0.25) is 9.59 Å². The molecule has 0 saturated carbocycles. The number of amides is 2. The maximum Gasteiger partial charge on any atom is 0.251 e. The third kappa shape index (κ3) is 4.69. The van der Waals surface area contributed by atoms with E-state index in [1.165, 1.54) is 11.1 Å². The van der Waals surface area contributed by atoms with Crippen LogP contribution in [0.15, 0.2) is 48.5 Å². The predicted octanol–water partition coefficient (Wildman–Crippen LogP) is 2.98. The number of hydrogen-bond donors (Lipinski definition) is 2. The van der Waals surface area contributed by atoms with Crippen LogP contribution >= 0.6 is 0 Å². The topological polar surface area (TPSA) is 58.2 Å². The smallest absolute Gasteiger partial charge is 0.251 e. The number of aryl methyl sites for hydroxylation is 1. The van der Waals surface area contributed by atoms with Crippen molar-refractivity contribution in [3.63, 3.8) is 0 Å². The van der Waals surface area contributed by atoms with Gasteiger partial charge in [-0.25, -0.2) is 0 Å². The average Bonchev–Trinajstić information content (AvgIpc) is 2.82. The van der Waals surface area contributed by atoms with Crippen LogP contribution in [0.5, 0.6) is 0 Å². The van der Waals surface area contributed by atoms with Gasteiger partial charge in [0.2, 0.25) is 5.91 Å². The van der Waals surface area contributed by atoms with Gasteiger partial charge in [-0.1, -0.05) is 48.0 Å². The Balaban J connectivity index is 1.72. The van der Waals surface area contributed by atoms with Gasteiger partial charge in [0.1, 0.15) is 0 Å². The highest BCUT2D eigenvalue weighted by Gasteiger charge is 2.19. The van der Waals surface area contributed by atoms with E-state index in [4.69, 9.17) is 0 Å². The minimum Gasteiger partial charge on any atom is -0.356 e. The molecule has 0 radical (unpaired) electrons. The first-order valence-corrected chi connectivity index (χ1v) is 8.83. The summed E-state index contributed by atoms with van der Waals surface area (Å²) >= 11 is 0. The highest BCUT2D eigenvalue weighted by atomic mass is 16.2. The normalized spacial score (nSPS) is 17.5. The van der Waals surface area contributed by atoms with Crippen molar-refractivity contribution in [3.05, 3.63) is 70.8 Å². The molecule has 2 N–H and O–H groups in total. The van der Waals surface area contributed by atoms with Gasteiger partial charge in [-0.05, 0) is 43.4 Å². The van der Waals surface area contributed by atoms with E-state index in [2.05, 4.69) is 41.8 Å². The third-order valence-electron chi connectivity index (χ3n) is 4.65. The van der Waals surface area contributed by atoms with Gasteiger partial charge in [0.15, 0.2) is 0 Å². The van der Waals surface area contributed by atoms with Crippen LogP contribution in [-0.4, -0.2) is 24.4 Å². The van der Waals surface area contributed by atoms with Gasteiger partial charge >= 0.3 is 0 Å². The van der Waals surface area contributed by atoms with Gasteiger partial charge in [0, 0.05) is 24.6 Å². The lowest BCUT2D eigenvalue weighted by Gasteiger charge is -2.17. The summed E-state index contributed by atoms with van der Waals surface area (Å²) in [5.74, 6) is 0.0126. The van der Waals surface area contributed by atoms with E-state index in [1.807, 2.05) is 24.3 Å². The lowest BCUT2D eigenvalue weighted by atomic mass is 9.98. The molecule has 0 bridgehead atoms. The highest BCUT2D eigenvalue weighted by molar-refractivity contribution is 5.96. The van der Waals surface area contributed by atoms with Crippen LogP contribution in [0.25, 0.3) is 0 Å². The third-order valence-corrected chi connectivity index (χ3v) is 4.65. The van der Waals surface area contributed by atoms with Crippen molar-refractivity contribution in [2.75, 3.05) is 6.54 Å². The van der Waals surface area contributed by atoms with Gasteiger partial charge in [-0.2, -0.15) is 0 Å². The molecule has 2 aromatic rings. The number of nitrogens with one attached hydrogen (secondary N) is 2. The van der Waals surface area contributed by atoms with Crippen molar-refractivity contribution in [1.29, 1.82) is 0 Å². The Labute approximate surface area is 148 Å². The van der Waals surface area contributed by atoms with Crippen molar-refractivity contribution in [2.24, 2.45) is 0 Å². The summed E-state index contributed by atoms with van der Waals surface area (Å²) in [5.41, 5.74) is 4.15. The van der Waals surface area contributed by atoms with Crippen molar-refractivity contribution >= 4 is 11.8 Å². The first kappa shape index (κ1) is 17.2. The molecular weight excluding hydrogens is 312 g/mol. The van der Waals surface area contributed by atoms with E-state index >= 15 is 0 Å². The lowest BCUT2D eigenvalue weighted by Crippen LogP contribution is -2.35. The lowest BCUT2D eigenvalue weighted by molar-refractivity contribution is -0.120. The fourth-order valence-corrected chi connectivity index (χ4v) is 3.15. The second kappa shape index (κ2) is 7.97. The number of carbonyl (C=O) groups is 2. The molecule has 25 heavy (non-hydrogen) atoms. The van der Waals surface area contributed by atoms with Crippen molar-refractivity contribution in [2.45, 2.75) is 38.6 Å². The summed E-state index contributed by atoms with van der Waals surface area (Å²) in [7, 11) is 0. The Morgan fingerprint density at radius 3 is 2.68 bits per heavy atom. The van der Waals surface area contributed by atoms with Crippen LogP contribution in [0, 0.1) is 6.92 Å². The molecule has 1 saturated heterocycles. The van der Waals surface area contributed by atoms with Crippen LogP contribution < -0.4 is 10.6 Å². The molecule has 2 amide bonds. The fourth-order valence-electron chi connectivity index (χ4n) is 3.15. The van der Waals surface area contributed by atoms with Gasteiger partial charge in [-0.15, -0.1) is 0 Å². The van der Waals surface area contributed by atoms with E-state index in [0.717, 1.165) is 18.4 Å². The second-order valence-electron chi connectivity index (χ2n) is 6.67. The van der Waals surface area contributed by atoms with Crippen molar-refractivity contribution in [1.82, 2.24) is 10.6 Å². The molecule has 130 valence electrons. The highest BCUT2D eigenvalue weighted by Crippen LogP contribution is 2.16. The standard InChI is InChI=1S/C21H24N2O2/c1-15-6-8-16(9-7-15)14-17-4-2-3-5-19(17)21(25)23-18-10-11-20(24)22-13-12-18/h2-9,18H,10-14H2,1H3,(H,22,24)(H,23,25). The molecule has 4 heteroatoms. The minimum absolute atomic E-state index is 0.0406. The first-order chi connectivity index (χ1) is 12.1. The second-order valence-corrected chi connectivity index (χ2v) is 6.67. The molecule has 0 aromatic heterocycles. The predicted molar refractivity (Wildman–Crippen MR) is 98.5 cm³/mol. The summed E-state index contributed by atoms with van der Waals surface area (Å²) in [5, 5.41) is 5.95. The first-order valence-electron chi connectivity index (χ1n) is 8.83. The summed E-state index contributed by atoms with van der Waals surface area (Å²) in [6.45, 7) is 2.69. The van der Waals surface area contributed by atoms with E-state index in [-0.39, 0.29) is 17.9 Å². The van der Waals surface area contributed by atoms with Crippen LogP contribution in [0.3, 0.4) is 0 Å². The molecule has 1 fully saturated rings.